The van der Waals surface area contributed by atoms with Crippen molar-refractivity contribution in [2.45, 2.75) is 46.0 Å². The lowest BCUT2D eigenvalue weighted by atomic mass is 10.1. The number of carbonyl (C=O) groups excluding carboxylic acids is 1. The van der Waals surface area contributed by atoms with Crippen LogP contribution in [0.3, 0.4) is 0 Å². The number of rotatable bonds is 8. The number of carbonyl (C=O) groups is 1. The Labute approximate surface area is 118 Å². The SMILES string of the molecule is CCCC/C=C(/C(=O)OCCCC)c1csc(N)n1. The second-order valence-electron chi connectivity index (χ2n) is 4.32. The Kier molecular flexibility index (Phi) is 7.18. The molecule has 0 aliphatic heterocycles. The summed E-state index contributed by atoms with van der Waals surface area (Å²) >= 11 is 1.34. The molecule has 0 saturated heterocycles. The van der Waals surface area contributed by atoms with Crippen molar-refractivity contribution in [2.24, 2.45) is 0 Å². The number of hydrogen-bond acceptors (Lipinski definition) is 5. The molecule has 0 spiro atoms. The van der Waals surface area contributed by atoms with Gasteiger partial charge in [0.15, 0.2) is 5.13 Å². The lowest BCUT2D eigenvalue weighted by Gasteiger charge is -2.06. The van der Waals surface area contributed by atoms with Crippen LogP contribution in [0.1, 0.15) is 51.6 Å². The van der Waals surface area contributed by atoms with Crippen molar-refractivity contribution in [3.63, 3.8) is 0 Å². The van der Waals surface area contributed by atoms with Crippen LogP contribution in [0.4, 0.5) is 5.13 Å². The van der Waals surface area contributed by atoms with Gasteiger partial charge in [0.05, 0.1) is 17.9 Å². The van der Waals surface area contributed by atoms with E-state index in [9.17, 15) is 4.79 Å². The number of hydrogen-bond donors (Lipinski definition) is 1. The highest BCUT2D eigenvalue weighted by molar-refractivity contribution is 7.13. The summed E-state index contributed by atoms with van der Waals surface area (Å²) in [5, 5.41) is 2.27. The van der Waals surface area contributed by atoms with Crippen molar-refractivity contribution in [1.82, 2.24) is 4.98 Å². The Morgan fingerprint density at radius 3 is 2.74 bits per heavy atom. The van der Waals surface area contributed by atoms with E-state index in [1.54, 1.807) is 5.38 Å². The molecule has 2 N–H and O–H groups in total. The van der Waals surface area contributed by atoms with E-state index in [1.165, 1.54) is 11.3 Å². The minimum Gasteiger partial charge on any atom is -0.462 e. The van der Waals surface area contributed by atoms with Crippen molar-refractivity contribution in [1.29, 1.82) is 0 Å². The summed E-state index contributed by atoms with van der Waals surface area (Å²) < 4.78 is 5.26. The molecule has 0 aliphatic carbocycles. The monoisotopic (exact) mass is 282 g/mol. The van der Waals surface area contributed by atoms with E-state index in [0.717, 1.165) is 32.1 Å². The minimum atomic E-state index is -0.296. The minimum absolute atomic E-state index is 0.296. The third-order valence-electron chi connectivity index (χ3n) is 2.65. The highest BCUT2D eigenvalue weighted by atomic mass is 32.1. The number of nitrogens with two attached hydrogens (primary N) is 1. The number of allylic oxidation sites excluding steroid dienone is 1. The van der Waals surface area contributed by atoms with Crippen molar-refractivity contribution in [3.8, 4) is 0 Å². The molecule has 0 saturated carbocycles. The molecule has 0 radical (unpaired) electrons. The number of aromatic nitrogens is 1. The molecule has 0 bridgehead atoms. The van der Waals surface area contributed by atoms with Crippen LogP contribution in [0.15, 0.2) is 11.5 Å². The van der Waals surface area contributed by atoms with Crippen LogP contribution in [0.2, 0.25) is 0 Å². The average molecular weight is 282 g/mol. The lowest BCUT2D eigenvalue weighted by Crippen LogP contribution is -2.09. The number of anilines is 1. The molecule has 1 aromatic heterocycles. The first-order valence-electron chi connectivity index (χ1n) is 6.77. The van der Waals surface area contributed by atoms with Gasteiger partial charge in [0.1, 0.15) is 0 Å². The van der Waals surface area contributed by atoms with Crippen LogP contribution in [0.25, 0.3) is 5.57 Å². The molecule has 19 heavy (non-hydrogen) atoms. The smallest absolute Gasteiger partial charge is 0.340 e. The second-order valence-corrected chi connectivity index (χ2v) is 5.21. The lowest BCUT2D eigenvalue weighted by molar-refractivity contribution is -0.136. The van der Waals surface area contributed by atoms with E-state index in [1.807, 2.05) is 6.08 Å². The Morgan fingerprint density at radius 2 is 2.16 bits per heavy atom. The average Bonchev–Trinajstić information content (AvgIpc) is 2.81. The molecule has 0 aromatic carbocycles. The van der Waals surface area contributed by atoms with Gasteiger partial charge in [0.25, 0.3) is 0 Å². The molecule has 0 unspecified atom stereocenters. The molecule has 0 aliphatic rings. The molecule has 0 amide bonds. The Morgan fingerprint density at radius 1 is 1.42 bits per heavy atom. The number of esters is 1. The quantitative estimate of drug-likeness (QED) is 0.449. The Balaban J connectivity index is 2.74. The molecule has 0 atom stereocenters. The number of thiazole rings is 1. The molecule has 1 aromatic rings. The fourth-order valence-corrected chi connectivity index (χ4v) is 2.10. The van der Waals surface area contributed by atoms with Crippen LogP contribution < -0.4 is 5.73 Å². The first-order chi connectivity index (χ1) is 9.19. The number of nitrogens with zero attached hydrogens (tertiary/aromatic N) is 1. The van der Waals surface area contributed by atoms with E-state index in [4.69, 9.17) is 10.5 Å². The van der Waals surface area contributed by atoms with E-state index in [-0.39, 0.29) is 5.97 Å². The van der Waals surface area contributed by atoms with E-state index >= 15 is 0 Å². The van der Waals surface area contributed by atoms with Gasteiger partial charge in [0.2, 0.25) is 0 Å². The van der Waals surface area contributed by atoms with Gasteiger partial charge in [-0.1, -0.05) is 39.2 Å². The normalized spacial score (nSPS) is 11.6. The first-order valence-corrected chi connectivity index (χ1v) is 7.65. The van der Waals surface area contributed by atoms with Gasteiger partial charge in [-0.2, -0.15) is 0 Å². The number of ether oxygens (including phenoxy) is 1. The summed E-state index contributed by atoms with van der Waals surface area (Å²) in [6.07, 6.45) is 6.79. The van der Waals surface area contributed by atoms with Crippen molar-refractivity contribution < 1.29 is 9.53 Å². The molecule has 1 heterocycles. The predicted molar refractivity (Wildman–Crippen MR) is 79.9 cm³/mol. The van der Waals surface area contributed by atoms with E-state index in [2.05, 4.69) is 18.8 Å². The molecular weight excluding hydrogens is 260 g/mol. The van der Waals surface area contributed by atoms with Gasteiger partial charge in [-0.3, -0.25) is 0 Å². The van der Waals surface area contributed by atoms with Gasteiger partial charge in [-0.05, 0) is 12.8 Å². The Hall–Kier alpha value is -1.36. The van der Waals surface area contributed by atoms with Crippen LogP contribution in [-0.2, 0) is 9.53 Å². The summed E-state index contributed by atoms with van der Waals surface area (Å²) in [5.41, 5.74) is 6.79. The molecule has 0 fully saturated rings. The maximum Gasteiger partial charge on any atom is 0.340 e. The van der Waals surface area contributed by atoms with Crippen LogP contribution in [0, 0.1) is 0 Å². The maximum absolute atomic E-state index is 12.1. The van der Waals surface area contributed by atoms with Gasteiger partial charge in [-0.25, -0.2) is 9.78 Å². The third kappa shape index (κ3) is 5.42. The summed E-state index contributed by atoms with van der Waals surface area (Å²) in [6.45, 7) is 4.64. The zero-order chi connectivity index (χ0) is 14.1. The highest BCUT2D eigenvalue weighted by Crippen LogP contribution is 2.21. The molecule has 4 nitrogen and oxygen atoms in total. The van der Waals surface area contributed by atoms with Crippen LogP contribution in [-0.4, -0.2) is 17.6 Å². The third-order valence-corrected chi connectivity index (χ3v) is 3.33. The first kappa shape index (κ1) is 15.7. The zero-order valence-corrected chi connectivity index (χ0v) is 12.5. The standard InChI is InChI=1S/C14H22N2O2S/c1-3-5-7-8-11(12-10-19-14(15)16-12)13(17)18-9-6-4-2/h8,10H,3-7,9H2,1-2H3,(H2,15,16)/b11-8+. The van der Waals surface area contributed by atoms with Crippen molar-refractivity contribution in [2.75, 3.05) is 12.3 Å². The van der Waals surface area contributed by atoms with Gasteiger partial charge >= 0.3 is 5.97 Å². The summed E-state index contributed by atoms with van der Waals surface area (Å²) in [4.78, 5) is 16.2. The largest absolute Gasteiger partial charge is 0.462 e. The van der Waals surface area contributed by atoms with Crippen molar-refractivity contribution in [3.05, 3.63) is 17.2 Å². The predicted octanol–water partition coefficient (Wildman–Crippen LogP) is 3.64. The number of unbranched alkanes of at least 4 members (excludes halogenated alkanes) is 3. The molecular formula is C14H22N2O2S. The highest BCUT2D eigenvalue weighted by Gasteiger charge is 2.16. The molecule has 106 valence electrons. The maximum atomic E-state index is 12.1. The fourth-order valence-electron chi connectivity index (χ4n) is 1.54. The van der Waals surface area contributed by atoms with E-state index < -0.39 is 0 Å². The van der Waals surface area contributed by atoms with E-state index in [0.29, 0.717) is 23.0 Å². The van der Waals surface area contributed by atoms with Crippen LogP contribution >= 0.6 is 11.3 Å². The number of nitrogen functional groups attached to an aromatic ring is 1. The van der Waals surface area contributed by atoms with Crippen molar-refractivity contribution >= 4 is 28.0 Å². The fraction of sp³-hybridized carbons (Fsp3) is 0.571. The summed E-state index contributed by atoms with van der Waals surface area (Å²) in [7, 11) is 0. The van der Waals surface area contributed by atoms with Gasteiger partial charge in [0, 0.05) is 5.38 Å². The van der Waals surface area contributed by atoms with Gasteiger partial charge < -0.3 is 10.5 Å². The summed E-state index contributed by atoms with van der Waals surface area (Å²) in [5.74, 6) is -0.296. The van der Waals surface area contributed by atoms with Crippen LogP contribution in [0.5, 0.6) is 0 Å². The Bertz CT molecular complexity index is 427. The molecule has 1 rings (SSSR count). The van der Waals surface area contributed by atoms with Gasteiger partial charge in [-0.15, -0.1) is 11.3 Å². The topological polar surface area (TPSA) is 65.2 Å². The molecule has 5 heteroatoms. The summed E-state index contributed by atoms with van der Waals surface area (Å²) in [6, 6.07) is 0. The zero-order valence-electron chi connectivity index (χ0n) is 11.6. The second kappa shape index (κ2) is 8.69.